The van der Waals surface area contributed by atoms with Gasteiger partial charge >= 0.3 is 5.97 Å². The molecule has 28 heavy (non-hydrogen) atoms. The molecule has 0 spiro atoms. The van der Waals surface area contributed by atoms with Crippen LogP contribution >= 0.6 is 0 Å². The van der Waals surface area contributed by atoms with E-state index in [1.807, 2.05) is 30.3 Å². The van der Waals surface area contributed by atoms with E-state index in [1.54, 1.807) is 11.6 Å². The topological polar surface area (TPSA) is 76.5 Å². The highest BCUT2D eigenvalue weighted by Gasteiger charge is 2.28. The van der Waals surface area contributed by atoms with Crippen LogP contribution in [0.3, 0.4) is 0 Å². The number of carbonyl (C=O) groups is 2. The van der Waals surface area contributed by atoms with Crippen molar-refractivity contribution in [1.82, 2.24) is 14.7 Å². The van der Waals surface area contributed by atoms with Crippen LogP contribution < -0.4 is 5.32 Å². The Kier molecular flexibility index (Phi) is 6.46. The number of para-hydroxylation sites is 1. The van der Waals surface area contributed by atoms with E-state index in [0.29, 0.717) is 11.9 Å². The van der Waals surface area contributed by atoms with Crippen LogP contribution in [0.2, 0.25) is 0 Å². The summed E-state index contributed by atoms with van der Waals surface area (Å²) in [6.07, 6.45) is 3.05. The summed E-state index contributed by atoms with van der Waals surface area (Å²) in [5.41, 5.74) is 1.03. The van der Waals surface area contributed by atoms with Gasteiger partial charge in [0.05, 0.1) is 18.5 Å². The van der Waals surface area contributed by atoms with Crippen LogP contribution in [-0.4, -0.2) is 52.3 Å². The van der Waals surface area contributed by atoms with Gasteiger partial charge in [-0.2, -0.15) is 5.10 Å². The Hall–Kier alpha value is -2.67. The average molecular weight is 384 g/mol. The van der Waals surface area contributed by atoms with E-state index in [9.17, 15) is 9.59 Å². The maximum absolute atomic E-state index is 12.9. The summed E-state index contributed by atoms with van der Waals surface area (Å²) >= 11 is 0. The molecule has 0 atom stereocenters. The number of piperidine rings is 1. The Bertz CT molecular complexity index is 808. The lowest BCUT2D eigenvalue weighted by atomic mass is 9.95. The number of esters is 1. The molecule has 1 amide bonds. The van der Waals surface area contributed by atoms with Gasteiger partial charge in [-0.1, -0.05) is 18.2 Å². The highest BCUT2D eigenvalue weighted by molar-refractivity contribution is 6.01. The van der Waals surface area contributed by atoms with E-state index in [4.69, 9.17) is 4.74 Å². The lowest BCUT2D eigenvalue weighted by Crippen LogP contribution is -2.41. The van der Waals surface area contributed by atoms with Crippen molar-refractivity contribution in [3.05, 3.63) is 42.1 Å². The highest BCUT2D eigenvalue weighted by Crippen LogP contribution is 2.25. The third-order valence-corrected chi connectivity index (χ3v) is 5.14. The van der Waals surface area contributed by atoms with Gasteiger partial charge in [-0.15, -0.1) is 0 Å². The zero-order chi connectivity index (χ0) is 20.1. The first-order valence-electron chi connectivity index (χ1n) is 9.86. The van der Waals surface area contributed by atoms with Gasteiger partial charge < -0.3 is 15.0 Å². The molecule has 2 heterocycles. The van der Waals surface area contributed by atoms with E-state index in [-0.39, 0.29) is 24.0 Å². The zero-order valence-electron chi connectivity index (χ0n) is 16.7. The first-order chi connectivity index (χ1) is 13.5. The summed E-state index contributed by atoms with van der Waals surface area (Å²) in [6, 6.07) is 9.90. The number of carbonyl (C=O) groups excluding carboxylic acids is 2. The number of benzene rings is 1. The number of hydrogen-bond donors (Lipinski definition) is 1. The van der Waals surface area contributed by atoms with Gasteiger partial charge in [0, 0.05) is 12.0 Å². The molecule has 3 rings (SSSR count). The van der Waals surface area contributed by atoms with Gasteiger partial charge in [0.25, 0.3) is 0 Å². The van der Waals surface area contributed by atoms with Gasteiger partial charge in [0.2, 0.25) is 5.91 Å². The standard InChI is InChI=1S/C21H28N4O3/c1-4-28-21(27)18-14-22-25(17-8-6-5-7-9-17)19(18)23-20(26)16-10-12-24(13-11-16)15(2)3/h5-9,14-16H,4,10-13H2,1-3H3,(H,23,26). The van der Waals surface area contributed by atoms with E-state index in [0.717, 1.165) is 31.6 Å². The molecule has 1 fully saturated rings. The number of nitrogens with zero attached hydrogens (tertiary/aromatic N) is 3. The Morgan fingerprint density at radius 2 is 1.89 bits per heavy atom. The van der Waals surface area contributed by atoms with E-state index < -0.39 is 5.97 Å². The third-order valence-electron chi connectivity index (χ3n) is 5.14. The molecule has 1 aromatic heterocycles. The lowest BCUT2D eigenvalue weighted by Gasteiger charge is -2.33. The summed E-state index contributed by atoms with van der Waals surface area (Å²) < 4.78 is 6.71. The fourth-order valence-corrected chi connectivity index (χ4v) is 3.49. The Labute approximate surface area is 165 Å². The first kappa shape index (κ1) is 20.1. The SMILES string of the molecule is CCOC(=O)c1cnn(-c2ccccc2)c1NC(=O)C1CCN(C(C)C)CC1. The number of rotatable bonds is 6. The van der Waals surface area contributed by atoms with Gasteiger partial charge in [0.1, 0.15) is 5.56 Å². The van der Waals surface area contributed by atoms with Crippen LogP contribution in [0.15, 0.2) is 36.5 Å². The summed E-state index contributed by atoms with van der Waals surface area (Å²) in [7, 11) is 0. The highest BCUT2D eigenvalue weighted by atomic mass is 16.5. The second kappa shape index (κ2) is 9.01. The van der Waals surface area contributed by atoms with Gasteiger partial charge in [-0.3, -0.25) is 4.79 Å². The number of hydrogen-bond acceptors (Lipinski definition) is 5. The van der Waals surface area contributed by atoms with E-state index in [1.165, 1.54) is 6.20 Å². The third kappa shape index (κ3) is 4.42. The molecular weight excluding hydrogens is 356 g/mol. The minimum atomic E-state index is -0.491. The molecule has 1 aliphatic heterocycles. The van der Waals surface area contributed by atoms with Gasteiger partial charge in [-0.05, 0) is 58.8 Å². The first-order valence-corrected chi connectivity index (χ1v) is 9.86. The largest absolute Gasteiger partial charge is 0.462 e. The quantitative estimate of drug-likeness (QED) is 0.775. The lowest BCUT2D eigenvalue weighted by molar-refractivity contribution is -0.121. The molecule has 0 aliphatic carbocycles. The monoisotopic (exact) mass is 384 g/mol. The van der Waals surface area contributed by atoms with Crippen molar-refractivity contribution < 1.29 is 14.3 Å². The van der Waals surface area contributed by atoms with Crippen LogP contribution in [0, 0.1) is 5.92 Å². The number of ether oxygens (including phenoxy) is 1. The van der Waals surface area contributed by atoms with E-state index in [2.05, 4.69) is 29.2 Å². The van der Waals surface area contributed by atoms with Gasteiger partial charge in [0.15, 0.2) is 5.82 Å². The van der Waals surface area contributed by atoms with Crippen LogP contribution in [0.1, 0.15) is 44.0 Å². The van der Waals surface area contributed by atoms with Crippen molar-refractivity contribution in [2.24, 2.45) is 5.92 Å². The molecule has 0 bridgehead atoms. The second-order valence-electron chi connectivity index (χ2n) is 7.27. The van der Waals surface area contributed by atoms with Gasteiger partial charge in [-0.25, -0.2) is 9.48 Å². The fourth-order valence-electron chi connectivity index (χ4n) is 3.49. The molecule has 7 nitrogen and oxygen atoms in total. The molecule has 0 radical (unpaired) electrons. The molecule has 1 N–H and O–H groups in total. The van der Waals surface area contributed by atoms with Crippen molar-refractivity contribution >= 4 is 17.7 Å². The summed E-state index contributed by atoms with van der Waals surface area (Å²) in [4.78, 5) is 27.7. The molecule has 1 aliphatic rings. The number of likely N-dealkylation sites (tertiary alicyclic amines) is 1. The van der Waals surface area contributed by atoms with Crippen LogP contribution in [0.4, 0.5) is 5.82 Å². The van der Waals surface area contributed by atoms with Crippen molar-refractivity contribution in [3.8, 4) is 5.69 Å². The maximum atomic E-state index is 12.9. The molecular formula is C21H28N4O3. The number of nitrogens with one attached hydrogen (secondary N) is 1. The molecule has 0 saturated carbocycles. The normalized spacial score (nSPS) is 15.6. The molecule has 2 aromatic rings. The Morgan fingerprint density at radius 1 is 1.21 bits per heavy atom. The van der Waals surface area contributed by atoms with Crippen molar-refractivity contribution in [3.63, 3.8) is 0 Å². The molecule has 7 heteroatoms. The van der Waals surface area contributed by atoms with Crippen LogP contribution in [0.25, 0.3) is 5.69 Å². The summed E-state index contributed by atoms with van der Waals surface area (Å²) in [5.74, 6) is -0.286. The van der Waals surface area contributed by atoms with Crippen molar-refractivity contribution in [2.45, 2.75) is 39.7 Å². The molecule has 0 unspecified atom stereocenters. The predicted molar refractivity (Wildman–Crippen MR) is 108 cm³/mol. The Morgan fingerprint density at radius 3 is 2.50 bits per heavy atom. The van der Waals surface area contributed by atoms with Crippen LogP contribution in [-0.2, 0) is 9.53 Å². The molecule has 1 aromatic carbocycles. The van der Waals surface area contributed by atoms with Crippen molar-refractivity contribution in [1.29, 1.82) is 0 Å². The fraction of sp³-hybridized carbons (Fsp3) is 0.476. The number of amides is 1. The summed E-state index contributed by atoms with van der Waals surface area (Å²) in [5, 5.41) is 7.27. The second-order valence-corrected chi connectivity index (χ2v) is 7.27. The van der Waals surface area contributed by atoms with Crippen molar-refractivity contribution in [2.75, 3.05) is 25.0 Å². The predicted octanol–water partition coefficient (Wildman–Crippen LogP) is 3.11. The molecule has 150 valence electrons. The minimum Gasteiger partial charge on any atom is -0.462 e. The number of aromatic nitrogens is 2. The summed E-state index contributed by atoms with van der Waals surface area (Å²) in [6.45, 7) is 8.16. The smallest absolute Gasteiger partial charge is 0.343 e. The average Bonchev–Trinajstić information content (AvgIpc) is 3.12. The zero-order valence-corrected chi connectivity index (χ0v) is 16.7. The number of anilines is 1. The Balaban J connectivity index is 1.82. The minimum absolute atomic E-state index is 0.0772. The van der Waals surface area contributed by atoms with E-state index >= 15 is 0 Å². The van der Waals surface area contributed by atoms with Crippen LogP contribution in [0.5, 0.6) is 0 Å². The maximum Gasteiger partial charge on any atom is 0.343 e. The molecule has 1 saturated heterocycles.